The smallest absolute Gasteiger partial charge is 0.305 e. The highest BCUT2D eigenvalue weighted by Crippen LogP contribution is 2.40. The van der Waals surface area contributed by atoms with E-state index in [-0.39, 0.29) is 30.3 Å². The van der Waals surface area contributed by atoms with E-state index in [4.69, 9.17) is 5.11 Å². The average molecular weight is 307 g/mol. The molecule has 0 aromatic heterocycles. The molecule has 4 nitrogen and oxygen atoms in total. The maximum atomic E-state index is 12.9. The fourth-order valence-electron chi connectivity index (χ4n) is 2.54. The molecule has 1 unspecified atom stereocenters. The van der Waals surface area contributed by atoms with Gasteiger partial charge in [0.05, 0.1) is 12.3 Å². The number of carboxylic acids is 1. The van der Waals surface area contributed by atoms with Crippen LogP contribution in [0.3, 0.4) is 0 Å². The number of thioether (sulfide) groups is 1. The van der Waals surface area contributed by atoms with Crippen molar-refractivity contribution in [2.75, 3.05) is 12.3 Å². The largest absolute Gasteiger partial charge is 0.481 e. The molecule has 1 heterocycles. The van der Waals surface area contributed by atoms with Gasteiger partial charge in [-0.15, -0.1) is 11.8 Å². The molecule has 0 spiro atoms. The zero-order chi connectivity index (χ0) is 15.6. The van der Waals surface area contributed by atoms with Crippen LogP contribution in [0.25, 0.3) is 0 Å². The fraction of sp³-hybridized carbons (Fsp3) is 0.500. The molecule has 0 radical (unpaired) electrons. The van der Waals surface area contributed by atoms with Gasteiger partial charge in [0.2, 0.25) is 5.91 Å². The lowest BCUT2D eigenvalue weighted by molar-refractivity contribution is -0.141. The van der Waals surface area contributed by atoms with Crippen molar-refractivity contribution in [3.8, 4) is 0 Å². The molecule has 1 aliphatic rings. The van der Waals surface area contributed by atoms with Crippen molar-refractivity contribution < 1.29 is 14.7 Å². The van der Waals surface area contributed by atoms with Gasteiger partial charge < -0.3 is 10.0 Å². The number of hydrogen-bond acceptors (Lipinski definition) is 3. The van der Waals surface area contributed by atoms with Crippen molar-refractivity contribution in [1.29, 1.82) is 0 Å². The van der Waals surface area contributed by atoms with Gasteiger partial charge in [-0.05, 0) is 32.4 Å². The Morgan fingerprint density at radius 1 is 1.33 bits per heavy atom. The zero-order valence-corrected chi connectivity index (χ0v) is 13.4. The van der Waals surface area contributed by atoms with Gasteiger partial charge in [0.25, 0.3) is 0 Å². The molecule has 0 saturated carbocycles. The molecule has 5 heteroatoms. The minimum Gasteiger partial charge on any atom is -0.481 e. The molecule has 1 N–H and O–H groups in total. The number of hydrogen-bond donors (Lipinski definition) is 1. The molecule has 21 heavy (non-hydrogen) atoms. The Kier molecular flexibility index (Phi) is 4.61. The lowest BCUT2D eigenvalue weighted by Gasteiger charge is -2.37. The number of rotatable bonds is 4. The van der Waals surface area contributed by atoms with Gasteiger partial charge in [-0.25, -0.2) is 0 Å². The van der Waals surface area contributed by atoms with E-state index in [2.05, 4.69) is 0 Å². The van der Waals surface area contributed by atoms with Crippen molar-refractivity contribution >= 4 is 23.6 Å². The molecular weight excluding hydrogens is 286 g/mol. The van der Waals surface area contributed by atoms with Crippen molar-refractivity contribution in [3.63, 3.8) is 0 Å². The van der Waals surface area contributed by atoms with Crippen LogP contribution < -0.4 is 0 Å². The third kappa shape index (κ3) is 3.59. The minimum atomic E-state index is -0.877. The minimum absolute atomic E-state index is 0.0233. The first-order valence-corrected chi connectivity index (χ1v) is 8.04. The summed E-state index contributed by atoms with van der Waals surface area (Å²) in [5.74, 6) is -0.281. The molecule has 1 amide bonds. The average Bonchev–Trinajstić information content (AvgIpc) is 2.80. The van der Waals surface area contributed by atoms with Gasteiger partial charge in [-0.2, -0.15) is 0 Å². The maximum absolute atomic E-state index is 12.9. The van der Waals surface area contributed by atoms with Crippen molar-refractivity contribution in [2.24, 2.45) is 0 Å². The Hall–Kier alpha value is -1.49. The van der Waals surface area contributed by atoms with Crippen molar-refractivity contribution in [3.05, 3.63) is 29.8 Å². The van der Waals surface area contributed by atoms with Gasteiger partial charge in [-0.3, -0.25) is 9.59 Å². The Balaban J connectivity index is 2.21. The second-order valence-corrected chi connectivity index (χ2v) is 7.27. The highest BCUT2D eigenvalue weighted by Gasteiger charge is 2.36. The Labute approximate surface area is 129 Å². The van der Waals surface area contributed by atoms with E-state index in [9.17, 15) is 9.59 Å². The Morgan fingerprint density at radius 2 is 2.00 bits per heavy atom. The van der Waals surface area contributed by atoms with Crippen LogP contribution >= 0.6 is 11.8 Å². The number of carbonyl (C=O) groups excluding carboxylic acids is 1. The fourth-order valence-corrected chi connectivity index (χ4v) is 3.76. The summed E-state index contributed by atoms with van der Waals surface area (Å²) in [6, 6.07) is 7.95. The predicted octanol–water partition coefficient (Wildman–Crippen LogP) is 2.98. The third-order valence-corrected chi connectivity index (χ3v) is 4.81. The SMILES string of the molecule is CC(C)(C)N(CCC(=O)O)C(=O)C1CSc2ccccc21. The molecule has 0 aliphatic carbocycles. The number of carbonyl (C=O) groups is 2. The molecule has 114 valence electrons. The van der Waals surface area contributed by atoms with Gasteiger partial charge in [0, 0.05) is 22.7 Å². The molecule has 0 fully saturated rings. The zero-order valence-electron chi connectivity index (χ0n) is 12.6. The number of benzene rings is 1. The van der Waals surface area contributed by atoms with Crippen LogP contribution in [0.1, 0.15) is 38.7 Å². The van der Waals surface area contributed by atoms with Crippen LogP contribution in [0.5, 0.6) is 0 Å². The summed E-state index contributed by atoms with van der Waals surface area (Å²) in [5, 5.41) is 8.89. The molecule has 2 rings (SSSR count). The van der Waals surface area contributed by atoms with E-state index in [1.165, 1.54) is 0 Å². The van der Waals surface area contributed by atoms with Gasteiger partial charge in [-0.1, -0.05) is 18.2 Å². The topological polar surface area (TPSA) is 57.6 Å². The first kappa shape index (κ1) is 15.9. The summed E-state index contributed by atoms with van der Waals surface area (Å²) in [7, 11) is 0. The van der Waals surface area contributed by atoms with Crippen LogP contribution in [0, 0.1) is 0 Å². The van der Waals surface area contributed by atoms with E-state index in [0.717, 1.165) is 16.2 Å². The molecular formula is C16H21NO3S. The lowest BCUT2D eigenvalue weighted by atomic mass is 9.96. The van der Waals surface area contributed by atoms with E-state index in [1.54, 1.807) is 16.7 Å². The first-order chi connectivity index (χ1) is 9.80. The van der Waals surface area contributed by atoms with E-state index in [1.807, 2.05) is 45.0 Å². The Morgan fingerprint density at radius 3 is 2.62 bits per heavy atom. The monoisotopic (exact) mass is 307 g/mol. The number of carboxylic acid groups (broad SMARTS) is 1. The third-order valence-electron chi connectivity index (χ3n) is 3.62. The van der Waals surface area contributed by atoms with Crippen molar-refractivity contribution in [2.45, 2.75) is 43.5 Å². The van der Waals surface area contributed by atoms with Crippen LogP contribution in [-0.4, -0.2) is 39.7 Å². The second-order valence-electron chi connectivity index (χ2n) is 6.21. The molecule has 0 saturated heterocycles. The van der Waals surface area contributed by atoms with Crippen LogP contribution in [0.2, 0.25) is 0 Å². The standard InChI is InChI=1S/C16H21NO3S/c1-16(2,3)17(9-8-14(18)19)15(20)12-10-21-13-7-5-4-6-11(12)13/h4-7,12H,8-10H2,1-3H3,(H,18,19). The summed E-state index contributed by atoms with van der Waals surface area (Å²) >= 11 is 1.69. The second kappa shape index (κ2) is 6.10. The molecule has 1 aromatic carbocycles. The van der Waals surface area contributed by atoms with E-state index >= 15 is 0 Å². The van der Waals surface area contributed by atoms with Crippen molar-refractivity contribution in [1.82, 2.24) is 4.90 Å². The summed E-state index contributed by atoms with van der Waals surface area (Å²) in [5.41, 5.74) is 0.687. The quantitative estimate of drug-likeness (QED) is 0.929. The summed E-state index contributed by atoms with van der Waals surface area (Å²) in [6.45, 7) is 6.09. The van der Waals surface area contributed by atoms with Gasteiger partial charge >= 0.3 is 5.97 Å². The first-order valence-electron chi connectivity index (χ1n) is 7.05. The highest BCUT2D eigenvalue weighted by molar-refractivity contribution is 7.99. The van der Waals surface area contributed by atoms with Crippen LogP contribution in [0.15, 0.2) is 29.2 Å². The number of nitrogens with zero attached hydrogens (tertiary/aromatic N) is 1. The summed E-state index contributed by atoms with van der Waals surface area (Å²) < 4.78 is 0. The molecule has 0 bridgehead atoms. The van der Waals surface area contributed by atoms with E-state index < -0.39 is 5.97 Å². The maximum Gasteiger partial charge on any atom is 0.305 e. The molecule has 1 aromatic rings. The number of amides is 1. The Bertz CT molecular complexity index is 551. The molecule has 1 aliphatic heterocycles. The normalized spacial score (nSPS) is 17.4. The predicted molar refractivity (Wildman–Crippen MR) is 83.6 cm³/mol. The number of fused-ring (bicyclic) bond motifs is 1. The van der Waals surface area contributed by atoms with Crippen LogP contribution in [0.4, 0.5) is 0 Å². The molecule has 1 atom stereocenters. The van der Waals surface area contributed by atoms with Gasteiger partial charge in [0.1, 0.15) is 0 Å². The van der Waals surface area contributed by atoms with E-state index in [0.29, 0.717) is 0 Å². The van der Waals surface area contributed by atoms with Crippen LogP contribution in [-0.2, 0) is 9.59 Å². The van der Waals surface area contributed by atoms with Gasteiger partial charge in [0.15, 0.2) is 0 Å². The number of aliphatic carboxylic acids is 1. The summed E-state index contributed by atoms with van der Waals surface area (Å²) in [6.07, 6.45) is -0.0233. The highest BCUT2D eigenvalue weighted by atomic mass is 32.2. The summed E-state index contributed by atoms with van der Waals surface area (Å²) in [4.78, 5) is 26.6. The lowest BCUT2D eigenvalue weighted by Crippen LogP contribution is -2.48.